The van der Waals surface area contributed by atoms with E-state index in [-0.39, 0.29) is 22.8 Å². The number of halogens is 1. The van der Waals surface area contributed by atoms with Crippen LogP contribution < -0.4 is 15.8 Å². The first-order valence-electron chi connectivity index (χ1n) is 9.71. The molecular formula is C22H23FN6O3. The number of rotatable bonds is 7. The number of nitrogens with one attached hydrogen (secondary N) is 1. The fraction of sp³-hybridized carbons (Fsp3) is 0.273. The average Bonchev–Trinajstić information content (AvgIpc) is 3.10. The minimum absolute atomic E-state index is 0.106. The van der Waals surface area contributed by atoms with Gasteiger partial charge in [0.2, 0.25) is 0 Å². The van der Waals surface area contributed by atoms with E-state index in [1.165, 1.54) is 31.5 Å². The molecule has 0 saturated heterocycles. The molecule has 0 spiro atoms. The summed E-state index contributed by atoms with van der Waals surface area (Å²) in [6.07, 6.45) is 0.784. The van der Waals surface area contributed by atoms with Gasteiger partial charge in [0.15, 0.2) is 17.3 Å². The second-order valence-electron chi connectivity index (χ2n) is 7.03. The summed E-state index contributed by atoms with van der Waals surface area (Å²) in [5, 5.41) is 16.8. The van der Waals surface area contributed by atoms with Crippen LogP contribution in [0.5, 0.6) is 5.75 Å². The summed E-state index contributed by atoms with van der Waals surface area (Å²) in [6, 6.07) is 7.47. The number of anilines is 1. The van der Waals surface area contributed by atoms with Crippen LogP contribution in [-0.2, 0) is 18.3 Å². The Hall–Kier alpha value is -3.97. The number of nitrogens with two attached hydrogens (primary N) is 1. The summed E-state index contributed by atoms with van der Waals surface area (Å²) in [5.41, 5.74) is 8.72. The van der Waals surface area contributed by atoms with E-state index >= 15 is 0 Å². The molecule has 3 N–H and O–H groups in total. The van der Waals surface area contributed by atoms with E-state index < -0.39 is 17.9 Å². The Morgan fingerprint density at radius 1 is 1.41 bits per heavy atom. The molecule has 0 aliphatic heterocycles. The Morgan fingerprint density at radius 3 is 2.81 bits per heavy atom. The number of methoxy groups -OCH3 is 1. The number of nitrogen functional groups attached to an aromatic ring is 1. The van der Waals surface area contributed by atoms with E-state index in [0.717, 1.165) is 5.69 Å². The number of aryl methyl sites for hydroxylation is 1. The number of pyridine rings is 1. The van der Waals surface area contributed by atoms with Crippen LogP contribution in [0.25, 0.3) is 11.1 Å². The molecule has 0 radical (unpaired) electrons. The lowest BCUT2D eigenvalue weighted by molar-refractivity contribution is 0.0595. The molecule has 1 aromatic carbocycles. The number of benzene rings is 1. The molecule has 0 bridgehead atoms. The number of carbonyl (C=O) groups is 1. The summed E-state index contributed by atoms with van der Waals surface area (Å²) in [4.78, 5) is 16.3. The maximum Gasteiger partial charge on any atom is 0.338 e. The van der Waals surface area contributed by atoms with Crippen LogP contribution in [0.1, 0.15) is 40.3 Å². The molecule has 9 nitrogen and oxygen atoms in total. The Morgan fingerprint density at radius 2 is 2.16 bits per heavy atom. The van der Waals surface area contributed by atoms with Gasteiger partial charge in [-0.15, -0.1) is 0 Å². The van der Waals surface area contributed by atoms with Crippen LogP contribution in [0, 0.1) is 17.1 Å². The highest BCUT2D eigenvalue weighted by atomic mass is 19.1. The number of nitriles is 1. The SMILES string of the molecule is CNCc1c(-c2cnc(N)c(OC(C)c3cc(F)ccc3C(=O)OC)c2)c(C#N)nn1C. The number of aromatic nitrogens is 3. The summed E-state index contributed by atoms with van der Waals surface area (Å²) >= 11 is 0. The number of carbonyl (C=O) groups excluding carboxylic acids is 1. The first-order chi connectivity index (χ1) is 15.3. The fourth-order valence-electron chi connectivity index (χ4n) is 3.42. The standard InChI is InChI=1S/C22H23FN6O3/c1-12(16-8-14(23)5-6-15(16)22(30)31-4)32-19-7-13(10-27-21(19)25)20-17(9-24)28-29(3)18(20)11-26-2/h5-8,10,12,26H,11H2,1-4H3,(H2,25,27). The topological polar surface area (TPSA) is 128 Å². The van der Waals surface area contributed by atoms with Crippen molar-refractivity contribution in [3.8, 4) is 22.9 Å². The van der Waals surface area contributed by atoms with Gasteiger partial charge >= 0.3 is 5.97 Å². The lowest BCUT2D eigenvalue weighted by Crippen LogP contribution is -2.13. The third-order valence-electron chi connectivity index (χ3n) is 4.95. The maximum absolute atomic E-state index is 13.9. The van der Waals surface area contributed by atoms with Gasteiger partial charge in [-0.3, -0.25) is 4.68 Å². The van der Waals surface area contributed by atoms with E-state index in [0.29, 0.717) is 23.2 Å². The van der Waals surface area contributed by atoms with Crippen molar-refractivity contribution < 1.29 is 18.7 Å². The summed E-state index contributed by atoms with van der Waals surface area (Å²) in [7, 11) is 4.79. The van der Waals surface area contributed by atoms with Crippen LogP contribution in [0.15, 0.2) is 30.5 Å². The van der Waals surface area contributed by atoms with Gasteiger partial charge in [-0.25, -0.2) is 14.2 Å². The summed E-state index contributed by atoms with van der Waals surface area (Å²) < 4.78 is 26.3. The van der Waals surface area contributed by atoms with Crippen LogP contribution in [0.4, 0.5) is 10.2 Å². The highest BCUT2D eigenvalue weighted by Crippen LogP contribution is 2.34. The molecule has 0 aliphatic rings. The Bertz CT molecular complexity index is 1200. The van der Waals surface area contributed by atoms with Gasteiger partial charge in [-0.2, -0.15) is 10.4 Å². The molecule has 0 aliphatic carbocycles. The molecule has 0 fully saturated rings. The highest BCUT2D eigenvalue weighted by molar-refractivity contribution is 5.91. The Balaban J connectivity index is 2.03. The van der Waals surface area contributed by atoms with E-state index in [4.69, 9.17) is 15.2 Å². The van der Waals surface area contributed by atoms with Gasteiger partial charge in [0.05, 0.1) is 18.4 Å². The first-order valence-corrected chi connectivity index (χ1v) is 9.71. The molecule has 32 heavy (non-hydrogen) atoms. The van der Waals surface area contributed by atoms with E-state index in [2.05, 4.69) is 21.5 Å². The third-order valence-corrected chi connectivity index (χ3v) is 4.95. The zero-order valence-electron chi connectivity index (χ0n) is 18.1. The third kappa shape index (κ3) is 4.38. The van der Waals surface area contributed by atoms with Crippen molar-refractivity contribution >= 4 is 11.8 Å². The maximum atomic E-state index is 13.9. The van der Waals surface area contributed by atoms with Crippen molar-refractivity contribution in [1.82, 2.24) is 20.1 Å². The minimum atomic E-state index is -0.750. The summed E-state index contributed by atoms with van der Waals surface area (Å²) in [6.45, 7) is 2.13. The van der Waals surface area contributed by atoms with E-state index in [9.17, 15) is 14.4 Å². The quantitative estimate of drug-likeness (QED) is 0.539. The van der Waals surface area contributed by atoms with Gasteiger partial charge in [-0.1, -0.05) is 0 Å². The molecule has 2 aromatic heterocycles. The zero-order valence-corrected chi connectivity index (χ0v) is 18.1. The Labute approximate surface area is 184 Å². The number of hydrogen-bond donors (Lipinski definition) is 2. The normalized spacial score (nSPS) is 11.6. The van der Waals surface area contributed by atoms with Crippen molar-refractivity contribution in [3.05, 3.63) is 58.8 Å². The number of hydrogen-bond acceptors (Lipinski definition) is 8. The van der Waals surface area contributed by atoms with Crippen molar-refractivity contribution in [1.29, 1.82) is 5.26 Å². The van der Waals surface area contributed by atoms with E-state index in [1.54, 1.807) is 31.8 Å². The molecule has 1 atom stereocenters. The van der Waals surface area contributed by atoms with E-state index in [1.807, 2.05) is 0 Å². The summed E-state index contributed by atoms with van der Waals surface area (Å²) in [5.74, 6) is -0.804. The molecule has 0 amide bonds. The smallest absolute Gasteiger partial charge is 0.338 e. The first kappa shape index (κ1) is 22.7. The number of esters is 1. The van der Waals surface area contributed by atoms with Gasteiger partial charge in [0.25, 0.3) is 0 Å². The minimum Gasteiger partial charge on any atom is -0.482 e. The predicted octanol–water partition coefficient (Wildman–Crippen LogP) is 2.72. The Kier molecular flexibility index (Phi) is 6.70. The number of nitrogens with zero attached hydrogens (tertiary/aromatic N) is 4. The van der Waals surface area contributed by atoms with Crippen LogP contribution in [0.2, 0.25) is 0 Å². The van der Waals surface area contributed by atoms with Crippen molar-refractivity contribution in [2.24, 2.45) is 7.05 Å². The molecule has 2 heterocycles. The monoisotopic (exact) mass is 438 g/mol. The van der Waals surface area contributed by atoms with Crippen LogP contribution in [-0.4, -0.2) is 34.9 Å². The van der Waals surface area contributed by atoms with Gasteiger partial charge < -0.3 is 20.5 Å². The molecule has 1 unspecified atom stereocenters. The second kappa shape index (κ2) is 9.45. The van der Waals surface area contributed by atoms with Crippen molar-refractivity contribution in [3.63, 3.8) is 0 Å². The molecule has 166 valence electrons. The van der Waals surface area contributed by atoms with Gasteiger partial charge in [0, 0.05) is 36.5 Å². The molecule has 3 aromatic rings. The lowest BCUT2D eigenvalue weighted by atomic mass is 10.0. The van der Waals surface area contributed by atoms with Crippen molar-refractivity contribution in [2.75, 3.05) is 19.9 Å². The molecule has 0 saturated carbocycles. The zero-order chi connectivity index (χ0) is 23.4. The predicted molar refractivity (Wildman–Crippen MR) is 115 cm³/mol. The largest absolute Gasteiger partial charge is 0.482 e. The van der Waals surface area contributed by atoms with Crippen LogP contribution >= 0.6 is 0 Å². The van der Waals surface area contributed by atoms with Crippen LogP contribution in [0.3, 0.4) is 0 Å². The molecule has 3 rings (SSSR count). The fourth-order valence-corrected chi connectivity index (χ4v) is 3.42. The van der Waals surface area contributed by atoms with Gasteiger partial charge in [0.1, 0.15) is 18.0 Å². The lowest BCUT2D eigenvalue weighted by Gasteiger charge is -2.19. The highest BCUT2D eigenvalue weighted by Gasteiger charge is 2.22. The van der Waals surface area contributed by atoms with Gasteiger partial charge in [-0.05, 0) is 38.2 Å². The molecular weight excluding hydrogens is 415 g/mol. The average molecular weight is 438 g/mol. The second-order valence-corrected chi connectivity index (χ2v) is 7.03. The molecule has 10 heteroatoms. The van der Waals surface area contributed by atoms with Crippen molar-refractivity contribution in [2.45, 2.75) is 19.6 Å². The number of ether oxygens (including phenoxy) is 2.